The van der Waals surface area contributed by atoms with E-state index in [1.165, 1.54) is 11.1 Å². The Morgan fingerprint density at radius 3 is 2.52 bits per heavy atom. The van der Waals surface area contributed by atoms with Gasteiger partial charge in [-0.1, -0.05) is 30.3 Å². The zero-order valence-corrected chi connectivity index (χ0v) is 19.8. The van der Waals surface area contributed by atoms with E-state index < -0.39 is 0 Å². The number of aryl methyl sites for hydroxylation is 1. The molecule has 0 radical (unpaired) electrons. The van der Waals surface area contributed by atoms with Crippen LogP contribution in [0.25, 0.3) is 0 Å². The second-order valence-electron chi connectivity index (χ2n) is 7.25. The topological polar surface area (TPSA) is 55.8 Å². The molecule has 1 aliphatic heterocycles. The van der Waals surface area contributed by atoms with Gasteiger partial charge in [-0.05, 0) is 43.1 Å². The highest BCUT2D eigenvalue weighted by Gasteiger charge is 2.15. The Kier molecular flexibility index (Phi) is 10.2. The molecule has 1 saturated heterocycles. The third-order valence-electron chi connectivity index (χ3n) is 5.10. The van der Waals surface area contributed by atoms with E-state index >= 15 is 0 Å². The monoisotopic (exact) mass is 508 g/mol. The van der Waals surface area contributed by atoms with Crippen LogP contribution in [-0.4, -0.2) is 62.7 Å². The van der Waals surface area contributed by atoms with Crippen LogP contribution < -0.4 is 15.5 Å². The number of aromatic nitrogens is 1. The van der Waals surface area contributed by atoms with Crippen LogP contribution in [0.15, 0.2) is 53.7 Å². The Bertz CT molecular complexity index is 744. The average Bonchev–Trinajstić information content (AvgIpc) is 2.75. The predicted molar refractivity (Wildman–Crippen MR) is 132 cm³/mol. The molecule has 0 aliphatic carbocycles. The van der Waals surface area contributed by atoms with Gasteiger partial charge in [-0.2, -0.15) is 0 Å². The Labute approximate surface area is 191 Å². The number of pyridine rings is 1. The molecule has 1 aromatic carbocycles. The number of piperazine rings is 1. The maximum atomic E-state index is 4.56. The van der Waals surface area contributed by atoms with Crippen molar-refractivity contribution in [2.75, 3.05) is 51.7 Å². The van der Waals surface area contributed by atoms with Crippen LogP contribution in [0, 0.1) is 0 Å². The average molecular weight is 508 g/mol. The molecule has 1 fully saturated rings. The Balaban J connectivity index is 0.00000300. The molecular weight excluding hydrogens is 475 g/mol. The maximum absolute atomic E-state index is 4.56. The number of hydrogen-bond donors (Lipinski definition) is 2. The van der Waals surface area contributed by atoms with Gasteiger partial charge in [-0.25, -0.2) is 4.98 Å². The van der Waals surface area contributed by atoms with Crippen molar-refractivity contribution in [3.05, 3.63) is 59.8 Å². The Hall–Kier alpha value is -1.87. The quantitative estimate of drug-likeness (QED) is 0.261. The highest BCUT2D eigenvalue weighted by molar-refractivity contribution is 14.0. The summed E-state index contributed by atoms with van der Waals surface area (Å²) in [5.74, 6) is 1.91. The van der Waals surface area contributed by atoms with Crippen molar-refractivity contribution < 1.29 is 0 Å². The van der Waals surface area contributed by atoms with E-state index in [9.17, 15) is 0 Å². The summed E-state index contributed by atoms with van der Waals surface area (Å²) in [6.07, 6.45) is 4.05. The summed E-state index contributed by atoms with van der Waals surface area (Å²) < 4.78 is 0. The second-order valence-corrected chi connectivity index (χ2v) is 7.25. The zero-order chi connectivity index (χ0) is 19.6. The molecule has 2 N–H and O–H groups in total. The molecule has 2 aromatic rings. The lowest BCUT2D eigenvalue weighted by atomic mass is 10.1. The summed E-state index contributed by atoms with van der Waals surface area (Å²) in [6.45, 7) is 5.88. The first kappa shape index (κ1) is 23.4. The van der Waals surface area contributed by atoms with Crippen molar-refractivity contribution in [1.29, 1.82) is 0 Å². The van der Waals surface area contributed by atoms with Crippen LogP contribution in [-0.2, 0) is 13.0 Å². The molecular formula is C22H33IN6. The fourth-order valence-electron chi connectivity index (χ4n) is 3.33. The number of guanidine groups is 1. The lowest BCUT2D eigenvalue weighted by Crippen LogP contribution is -2.44. The van der Waals surface area contributed by atoms with E-state index in [0.29, 0.717) is 0 Å². The molecule has 29 heavy (non-hydrogen) atoms. The van der Waals surface area contributed by atoms with E-state index in [1.807, 2.05) is 13.2 Å². The van der Waals surface area contributed by atoms with Crippen molar-refractivity contribution in [1.82, 2.24) is 20.5 Å². The first-order valence-corrected chi connectivity index (χ1v) is 10.1. The predicted octanol–water partition coefficient (Wildman–Crippen LogP) is 2.75. The number of nitrogens with one attached hydrogen (secondary N) is 2. The van der Waals surface area contributed by atoms with Gasteiger partial charge in [0.25, 0.3) is 0 Å². The van der Waals surface area contributed by atoms with Crippen molar-refractivity contribution in [2.45, 2.75) is 19.4 Å². The molecule has 0 unspecified atom stereocenters. The third-order valence-corrected chi connectivity index (χ3v) is 5.10. The molecule has 158 valence electrons. The van der Waals surface area contributed by atoms with Crippen LogP contribution in [0.2, 0.25) is 0 Å². The second kappa shape index (κ2) is 12.6. The van der Waals surface area contributed by atoms with Gasteiger partial charge in [0.1, 0.15) is 5.82 Å². The molecule has 0 amide bonds. The summed E-state index contributed by atoms with van der Waals surface area (Å²) in [5.41, 5.74) is 2.59. The summed E-state index contributed by atoms with van der Waals surface area (Å²) in [7, 11) is 3.98. The highest BCUT2D eigenvalue weighted by atomic mass is 127. The Morgan fingerprint density at radius 1 is 1.03 bits per heavy atom. The molecule has 0 spiro atoms. The lowest BCUT2D eigenvalue weighted by molar-refractivity contribution is 0.312. The highest BCUT2D eigenvalue weighted by Crippen LogP contribution is 2.14. The molecule has 1 aromatic heterocycles. The summed E-state index contributed by atoms with van der Waals surface area (Å²) in [4.78, 5) is 13.6. The number of nitrogens with zero attached hydrogens (tertiary/aromatic N) is 4. The van der Waals surface area contributed by atoms with Gasteiger partial charge in [0.05, 0.1) is 0 Å². The summed E-state index contributed by atoms with van der Waals surface area (Å²) in [6, 6.07) is 14.8. The van der Waals surface area contributed by atoms with Gasteiger partial charge in [-0.3, -0.25) is 4.99 Å². The van der Waals surface area contributed by atoms with E-state index in [4.69, 9.17) is 0 Å². The first-order chi connectivity index (χ1) is 13.7. The third kappa shape index (κ3) is 7.81. The molecule has 2 heterocycles. The van der Waals surface area contributed by atoms with Crippen LogP contribution in [0.5, 0.6) is 0 Å². The number of halogens is 1. The van der Waals surface area contributed by atoms with E-state index in [2.05, 4.69) is 79.9 Å². The molecule has 6 nitrogen and oxygen atoms in total. The fourth-order valence-corrected chi connectivity index (χ4v) is 3.33. The number of hydrogen-bond acceptors (Lipinski definition) is 4. The first-order valence-electron chi connectivity index (χ1n) is 10.1. The number of rotatable bonds is 7. The lowest BCUT2D eigenvalue weighted by Gasteiger charge is -2.33. The standard InChI is InChI=1S/C22H32N6.HI/c1-23-22(25-11-6-9-19-7-4-3-5-8-19)26-18-20-10-12-24-21(17-20)28-15-13-27(2)14-16-28;/h3-5,7-8,10,12,17H,6,9,11,13-16,18H2,1-2H3,(H2,23,25,26);1H. The molecule has 0 saturated carbocycles. The van der Waals surface area contributed by atoms with Crippen LogP contribution >= 0.6 is 24.0 Å². The molecule has 0 bridgehead atoms. The molecule has 1 aliphatic rings. The normalized spacial score (nSPS) is 15.0. The summed E-state index contributed by atoms with van der Waals surface area (Å²) >= 11 is 0. The largest absolute Gasteiger partial charge is 0.356 e. The van der Waals surface area contributed by atoms with Crippen LogP contribution in [0.3, 0.4) is 0 Å². The van der Waals surface area contributed by atoms with Gasteiger partial charge in [-0.15, -0.1) is 24.0 Å². The number of likely N-dealkylation sites (N-methyl/N-ethyl adjacent to an activating group) is 1. The van der Waals surface area contributed by atoms with Gasteiger partial charge >= 0.3 is 0 Å². The molecule has 7 heteroatoms. The minimum absolute atomic E-state index is 0. The van der Waals surface area contributed by atoms with E-state index in [-0.39, 0.29) is 24.0 Å². The molecule has 0 atom stereocenters. The summed E-state index contributed by atoms with van der Waals surface area (Å²) in [5, 5.41) is 6.81. The molecule has 3 rings (SSSR count). The number of anilines is 1. The Morgan fingerprint density at radius 2 is 1.79 bits per heavy atom. The van der Waals surface area contributed by atoms with Crippen molar-refractivity contribution in [2.24, 2.45) is 4.99 Å². The van der Waals surface area contributed by atoms with E-state index in [0.717, 1.165) is 63.9 Å². The maximum Gasteiger partial charge on any atom is 0.191 e. The van der Waals surface area contributed by atoms with Crippen LogP contribution in [0.1, 0.15) is 17.5 Å². The van der Waals surface area contributed by atoms with Gasteiger partial charge in [0.15, 0.2) is 5.96 Å². The number of aliphatic imine (C=N–C) groups is 1. The minimum atomic E-state index is 0. The van der Waals surface area contributed by atoms with Crippen molar-refractivity contribution in [3.8, 4) is 0 Å². The SMILES string of the molecule is CN=C(NCCCc1ccccc1)NCc1ccnc(N2CCN(C)CC2)c1.I. The van der Waals surface area contributed by atoms with Crippen molar-refractivity contribution in [3.63, 3.8) is 0 Å². The smallest absolute Gasteiger partial charge is 0.191 e. The zero-order valence-electron chi connectivity index (χ0n) is 17.5. The fraction of sp³-hybridized carbons (Fsp3) is 0.455. The van der Waals surface area contributed by atoms with Gasteiger partial charge in [0.2, 0.25) is 0 Å². The van der Waals surface area contributed by atoms with Gasteiger partial charge in [0, 0.05) is 52.5 Å². The van der Waals surface area contributed by atoms with Gasteiger partial charge < -0.3 is 20.4 Å². The van der Waals surface area contributed by atoms with E-state index in [1.54, 1.807) is 0 Å². The number of benzene rings is 1. The minimum Gasteiger partial charge on any atom is -0.356 e. The van der Waals surface area contributed by atoms with Crippen molar-refractivity contribution >= 4 is 35.8 Å². The van der Waals surface area contributed by atoms with Crippen LogP contribution in [0.4, 0.5) is 5.82 Å².